The lowest BCUT2D eigenvalue weighted by Gasteiger charge is -2.09. The summed E-state index contributed by atoms with van der Waals surface area (Å²) >= 11 is 0. The standard InChI is InChI=1S/C7H10N6O/c8-12-5-13(9)7-4-10-6(1-2-14)3-11-7/h2-5H,1,8-9H2/b12-5-. The molecule has 0 saturated carbocycles. The Hall–Kier alpha value is -2.02. The molecule has 7 heteroatoms. The van der Waals surface area contributed by atoms with E-state index in [1.807, 2.05) is 0 Å². The van der Waals surface area contributed by atoms with Gasteiger partial charge in [0.2, 0.25) is 0 Å². The number of nitrogens with zero attached hydrogens (tertiary/aromatic N) is 4. The summed E-state index contributed by atoms with van der Waals surface area (Å²) in [7, 11) is 0. The van der Waals surface area contributed by atoms with E-state index in [0.29, 0.717) is 11.5 Å². The molecule has 0 aliphatic heterocycles. The van der Waals surface area contributed by atoms with E-state index in [2.05, 4.69) is 15.1 Å². The molecule has 0 spiro atoms. The minimum absolute atomic E-state index is 0.239. The molecule has 74 valence electrons. The Labute approximate surface area is 80.4 Å². The lowest BCUT2D eigenvalue weighted by Crippen LogP contribution is -2.30. The van der Waals surface area contributed by atoms with Crippen LogP contribution in [0.2, 0.25) is 0 Å². The average Bonchev–Trinajstić information content (AvgIpc) is 2.20. The first-order valence-electron chi connectivity index (χ1n) is 3.79. The average molecular weight is 194 g/mol. The largest absolute Gasteiger partial charge is 0.322 e. The molecule has 0 amide bonds. The number of carbonyl (C=O) groups is 1. The maximum Gasteiger partial charge on any atom is 0.166 e. The summed E-state index contributed by atoms with van der Waals surface area (Å²) in [6, 6.07) is 0. The Morgan fingerprint density at radius 1 is 1.50 bits per heavy atom. The lowest BCUT2D eigenvalue weighted by molar-refractivity contribution is -0.107. The summed E-state index contributed by atoms with van der Waals surface area (Å²) in [6.45, 7) is 0. The highest BCUT2D eigenvalue weighted by atomic mass is 16.1. The first kappa shape index (κ1) is 10.1. The number of rotatable bonds is 4. The Morgan fingerprint density at radius 3 is 2.79 bits per heavy atom. The van der Waals surface area contributed by atoms with Crippen molar-refractivity contribution < 1.29 is 4.79 Å². The van der Waals surface area contributed by atoms with Crippen LogP contribution in [0.3, 0.4) is 0 Å². The zero-order valence-electron chi connectivity index (χ0n) is 7.37. The van der Waals surface area contributed by atoms with Crippen molar-refractivity contribution in [1.29, 1.82) is 0 Å². The molecular formula is C7H10N6O. The van der Waals surface area contributed by atoms with Crippen LogP contribution in [0.4, 0.5) is 5.82 Å². The molecule has 0 aliphatic rings. The van der Waals surface area contributed by atoms with Crippen molar-refractivity contribution in [3.8, 4) is 0 Å². The number of hydrogen-bond acceptors (Lipinski definition) is 6. The molecule has 1 rings (SSSR count). The SMILES string of the molecule is N/N=C\N(N)c1cnc(CC=O)cn1. The molecular weight excluding hydrogens is 184 g/mol. The summed E-state index contributed by atoms with van der Waals surface area (Å²) in [5, 5.41) is 4.35. The maximum absolute atomic E-state index is 10.2. The van der Waals surface area contributed by atoms with E-state index >= 15 is 0 Å². The quantitative estimate of drug-likeness (QED) is 0.205. The van der Waals surface area contributed by atoms with Crippen molar-refractivity contribution in [3.63, 3.8) is 0 Å². The molecule has 1 aromatic heterocycles. The highest BCUT2D eigenvalue weighted by Gasteiger charge is 2.00. The molecule has 0 atom stereocenters. The van der Waals surface area contributed by atoms with E-state index in [0.717, 1.165) is 11.3 Å². The van der Waals surface area contributed by atoms with Gasteiger partial charge >= 0.3 is 0 Å². The molecule has 0 fully saturated rings. The van der Waals surface area contributed by atoms with E-state index in [-0.39, 0.29) is 6.42 Å². The van der Waals surface area contributed by atoms with Gasteiger partial charge in [-0.05, 0) is 0 Å². The Balaban J connectivity index is 2.76. The van der Waals surface area contributed by atoms with Crippen LogP contribution in [-0.2, 0) is 11.2 Å². The summed E-state index contributed by atoms with van der Waals surface area (Å²) in [5.41, 5.74) is 0.585. The second-order valence-corrected chi connectivity index (χ2v) is 2.41. The van der Waals surface area contributed by atoms with Gasteiger partial charge in [-0.1, -0.05) is 0 Å². The van der Waals surface area contributed by atoms with Crippen LogP contribution in [0.15, 0.2) is 17.5 Å². The maximum atomic E-state index is 10.2. The smallest absolute Gasteiger partial charge is 0.166 e. The lowest BCUT2D eigenvalue weighted by atomic mass is 10.3. The second kappa shape index (κ2) is 4.87. The van der Waals surface area contributed by atoms with Gasteiger partial charge in [0.1, 0.15) is 12.6 Å². The number of anilines is 1. The van der Waals surface area contributed by atoms with Gasteiger partial charge in [-0.15, -0.1) is 0 Å². The van der Waals surface area contributed by atoms with Gasteiger partial charge in [-0.3, -0.25) is 4.98 Å². The third kappa shape index (κ3) is 2.49. The normalized spacial score (nSPS) is 10.4. The van der Waals surface area contributed by atoms with Crippen LogP contribution in [0, 0.1) is 0 Å². The molecule has 0 saturated heterocycles. The number of aromatic nitrogens is 2. The van der Waals surface area contributed by atoms with E-state index in [1.54, 1.807) is 0 Å². The molecule has 14 heavy (non-hydrogen) atoms. The number of carbonyl (C=O) groups excluding carboxylic acids is 1. The molecule has 1 aromatic rings. The van der Waals surface area contributed by atoms with Gasteiger partial charge in [-0.25, -0.2) is 15.8 Å². The van der Waals surface area contributed by atoms with Crippen molar-refractivity contribution >= 4 is 18.4 Å². The van der Waals surface area contributed by atoms with Crippen LogP contribution in [-0.4, -0.2) is 22.6 Å². The van der Waals surface area contributed by atoms with Crippen molar-refractivity contribution in [3.05, 3.63) is 18.1 Å². The number of aldehydes is 1. The first-order valence-corrected chi connectivity index (χ1v) is 3.79. The Bertz CT molecular complexity index is 321. The summed E-state index contributed by atoms with van der Waals surface area (Å²) in [6.07, 6.45) is 5.09. The van der Waals surface area contributed by atoms with E-state index < -0.39 is 0 Å². The van der Waals surface area contributed by atoms with Crippen molar-refractivity contribution in [1.82, 2.24) is 9.97 Å². The molecule has 0 aliphatic carbocycles. The van der Waals surface area contributed by atoms with E-state index in [9.17, 15) is 4.79 Å². The highest BCUT2D eigenvalue weighted by Crippen LogP contribution is 2.02. The topological polar surface area (TPSA) is 110 Å². The highest BCUT2D eigenvalue weighted by molar-refractivity contribution is 5.74. The zero-order valence-corrected chi connectivity index (χ0v) is 7.37. The second-order valence-electron chi connectivity index (χ2n) is 2.41. The van der Waals surface area contributed by atoms with E-state index in [1.165, 1.54) is 18.7 Å². The van der Waals surface area contributed by atoms with E-state index in [4.69, 9.17) is 11.7 Å². The van der Waals surface area contributed by atoms with Crippen molar-refractivity contribution in [2.24, 2.45) is 16.8 Å². The zero-order chi connectivity index (χ0) is 10.4. The van der Waals surface area contributed by atoms with Crippen LogP contribution >= 0.6 is 0 Å². The van der Waals surface area contributed by atoms with Crippen LogP contribution < -0.4 is 16.7 Å². The molecule has 0 bridgehead atoms. The third-order valence-electron chi connectivity index (χ3n) is 1.44. The number of nitrogens with two attached hydrogens (primary N) is 2. The summed E-state index contributed by atoms with van der Waals surface area (Å²) in [4.78, 5) is 18.1. The molecule has 0 unspecified atom stereocenters. The van der Waals surface area contributed by atoms with Gasteiger partial charge in [0.15, 0.2) is 5.82 Å². The fourth-order valence-corrected chi connectivity index (χ4v) is 0.803. The Kier molecular flexibility index (Phi) is 3.50. The molecule has 0 aromatic carbocycles. The minimum atomic E-state index is 0.239. The minimum Gasteiger partial charge on any atom is -0.322 e. The van der Waals surface area contributed by atoms with Crippen molar-refractivity contribution in [2.45, 2.75) is 6.42 Å². The Morgan fingerprint density at radius 2 is 2.29 bits per heavy atom. The summed E-state index contributed by atoms with van der Waals surface area (Å²) in [5.74, 6) is 10.8. The van der Waals surface area contributed by atoms with Crippen molar-refractivity contribution in [2.75, 3.05) is 5.01 Å². The predicted octanol–water partition coefficient (Wildman–Crippen LogP) is -1.20. The molecule has 4 N–H and O–H groups in total. The molecule has 1 heterocycles. The van der Waals surface area contributed by atoms with Gasteiger partial charge in [0.25, 0.3) is 0 Å². The third-order valence-corrected chi connectivity index (χ3v) is 1.44. The first-order chi connectivity index (χ1) is 6.77. The van der Waals surface area contributed by atoms with Gasteiger partial charge in [-0.2, -0.15) is 5.10 Å². The number of hydrazone groups is 1. The van der Waals surface area contributed by atoms with Gasteiger partial charge < -0.3 is 10.6 Å². The predicted molar refractivity (Wildman–Crippen MR) is 51.1 cm³/mol. The van der Waals surface area contributed by atoms with Crippen LogP contribution in [0.5, 0.6) is 0 Å². The summed E-state index contributed by atoms with van der Waals surface area (Å²) < 4.78 is 0. The fourth-order valence-electron chi connectivity index (χ4n) is 0.803. The van der Waals surface area contributed by atoms with Crippen LogP contribution in [0.25, 0.3) is 0 Å². The van der Waals surface area contributed by atoms with Gasteiger partial charge in [0.05, 0.1) is 18.1 Å². The number of hydrogen-bond donors (Lipinski definition) is 2. The fraction of sp³-hybridized carbons (Fsp3) is 0.143. The van der Waals surface area contributed by atoms with Crippen LogP contribution in [0.1, 0.15) is 5.69 Å². The number of hydrazine groups is 1. The monoisotopic (exact) mass is 194 g/mol. The molecule has 7 nitrogen and oxygen atoms in total. The molecule has 0 radical (unpaired) electrons. The van der Waals surface area contributed by atoms with Gasteiger partial charge in [0, 0.05) is 6.42 Å².